The maximum atomic E-state index is 13.1. The van der Waals surface area contributed by atoms with Gasteiger partial charge < -0.3 is 40.3 Å². The first-order chi connectivity index (χ1) is 39.3. The minimum Gasteiger partial charge on any atom is -0.394 e. The molecule has 1 aliphatic rings. The van der Waals surface area contributed by atoms with Crippen molar-refractivity contribution >= 4 is 5.91 Å². The number of rotatable bonds is 56. The van der Waals surface area contributed by atoms with Gasteiger partial charge in [-0.3, -0.25) is 4.79 Å². The second-order valence-corrected chi connectivity index (χ2v) is 22.5. The largest absolute Gasteiger partial charge is 0.394 e. The summed E-state index contributed by atoms with van der Waals surface area (Å²) in [6.45, 7) is 3.67. The molecule has 0 radical (unpaired) electrons. The van der Waals surface area contributed by atoms with Gasteiger partial charge in [0, 0.05) is 6.42 Å². The minimum atomic E-state index is -1.57. The number of aliphatic hydroxyl groups is 5. The summed E-state index contributed by atoms with van der Waals surface area (Å²) in [6.07, 6.45) is 80.3. The molecule has 9 heteroatoms. The first-order valence-corrected chi connectivity index (χ1v) is 33.1. The molecule has 0 bridgehead atoms. The van der Waals surface area contributed by atoms with Gasteiger partial charge in [-0.2, -0.15) is 0 Å². The quantitative estimate of drug-likeness (QED) is 0.0261. The lowest BCUT2D eigenvalue weighted by atomic mass is 9.99. The lowest BCUT2D eigenvalue weighted by molar-refractivity contribution is -0.302. The third-order valence-electron chi connectivity index (χ3n) is 15.1. The standard InChI is InChI=1S/C71H123NO8/c1-3-5-7-9-11-13-15-17-19-21-22-23-24-25-26-27-28-29-30-31-32-33-34-35-36-37-38-39-40-41-42-43-44-45-47-49-51-53-55-57-59-61-67(75)72-64(63-79-71-70(78)69(77)68(76)66(62-73)80-71)65(74)60-58-56-54-52-50-48-46-20-18-16-14-12-10-8-6-4-2/h5,7,11,13,17,19,22-23,25-26,28-29,31-32,34-35,58,60,64-66,68-71,73-74,76-78H,3-4,6,8-10,12,14-16,18,20-21,24,27,30,33,36-57,59,61-63H2,1-2H3,(H,72,75)/b7-5-,13-11-,19-17-,23-22-,26-25-,29-28-,32-31-,35-34-,60-58+. The van der Waals surface area contributed by atoms with E-state index in [0.717, 1.165) is 89.9 Å². The highest BCUT2D eigenvalue weighted by Crippen LogP contribution is 2.23. The zero-order valence-electron chi connectivity index (χ0n) is 51.3. The third-order valence-corrected chi connectivity index (χ3v) is 15.1. The normalized spacial score (nSPS) is 19.2. The molecule has 460 valence electrons. The van der Waals surface area contributed by atoms with E-state index < -0.39 is 49.5 Å². The molecule has 0 spiro atoms. The molecule has 1 rings (SSSR count). The number of nitrogens with one attached hydrogen (secondary N) is 1. The van der Waals surface area contributed by atoms with Gasteiger partial charge in [-0.15, -0.1) is 0 Å². The van der Waals surface area contributed by atoms with E-state index in [1.54, 1.807) is 6.08 Å². The second kappa shape index (κ2) is 59.0. The number of carbonyl (C=O) groups excluding carboxylic acids is 1. The number of allylic oxidation sites excluding steroid dienone is 17. The highest BCUT2D eigenvalue weighted by atomic mass is 16.7. The van der Waals surface area contributed by atoms with Crippen LogP contribution in [0.25, 0.3) is 0 Å². The molecular weight excluding hydrogens is 995 g/mol. The Balaban J connectivity index is 2.09. The molecule has 1 saturated heterocycles. The molecule has 7 unspecified atom stereocenters. The lowest BCUT2D eigenvalue weighted by Crippen LogP contribution is -2.60. The SMILES string of the molecule is CC/C=C\C/C=C\C/C=C\C/C=C\C/C=C\C/C=C\C/C=C\C/C=C\CCCCCCCCCCCCCCCCCCC(=O)NC(COC1OC(CO)C(O)C(O)C1O)C(O)/C=C/CCCCCCCCCCCCCCCC. The first-order valence-electron chi connectivity index (χ1n) is 33.1. The van der Waals surface area contributed by atoms with E-state index in [1.807, 2.05) is 6.08 Å². The first kappa shape index (κ1) is 74.9. The van der Waals surface area contributed by atoms with Crippen LogP contribution < -0.4 is 5.32 Å². The van der Waals surface area contributed by atoms with Gasteiger partial charge in [0.15, 0.2) is 6.29 Å². The monoisotopic (exact) mass is 1120 g/mol. The Morgan fingerprint density at radius 2 is 0.775 bits per heavy atom. The Hall–Kier alpha value is -3.15. The molecule has 1 amide bonds. The van der Waals surface area contributed by atoms with Gasteiger partial charge in [0.05, 0.1) is 25.4 Å². The summed E-state index contributed by atoms with van der Waals surface area (Å²) in [7, 11) is 0. The number of aliphatic hydroxyl groups excluding tert-OH is 5. The summed E-state index contributed by atoms with van der Waals surface area (Å²) in [6, 6.07) is -0.809. The summed E-state index contributed by atoms with van der Waals surface area (Å²) in [5.74, 6) is -0.178. The number of unbranched alkanes of at least 4 members (excludes halogenated alkanes) is 30. The number of carbonyl (C=O) groups is 1. The molecule has 80 heavy (non-hydrogen) atoms. The van der Waals surface area contributed by atoms with Gasteiger partial charge in [-0.05, 0) is 83.5 Å². The van der Waals surface area contributed by atoms with Crippen LogP contribution in [0.3, 0.4) is 0 Å². The zero-order valence-corrected chi connectivity index (χ0v) is 51.3. The fourth-order valence-electron chi connectivity index (χ4n) is 9.94. The van der Waals surface area contributed by atoms with Crippen molar-refractivity contribution in [2.45, 2.75) is 320 Å². The molecule has 1 aliphatic heterocycles. The van der Waals surface area contributed by atoms with Gasteiger partial charge in [0.25, 0.3) is 0 Å². The molecule has 0 aromatic heterocycles. The van der Waals surface area contributed by atoms with Gasteiger partial charge in [-0.1, -0.05) is 297 Å². The van der Waals surface area contributed by atoms with E-state index in [9.17, 15) is 30.3 Å². The summed E-state index contributed by atoms with van der Waals surface area (Å²) in [4.78, 5) is 13.1. The smallest absolute Gasteiger partial charge is 0.220 e. The van der Waals surface area contributed by atoms with Crippen LogP contribution in [0.1, 0.15) is 277 Å². The fourth-order valence-corrected chi connectivity index (χ4v) is 9.94. The van der Waals surface area contributed by atoms with E-state index in [0.29, 0.717) is 6.42 Å². The summed E-state index contributed by atoms with van der Waals surface area (Å²) < 4.78 is 11.3. The van der Waals surface area contributed by atoms with Crippen molar-refractivity contribution < 1.29 is 39.8 Å². The van der Waals surface area contributed by atoms with Gasteiger partial charge >= 0.3 is 0 Å². The molecule has 0 aromatic carbocycles. The van der Waals surface area contributed by atoms with Crippen LogP contribution in [0.2, 0.25) is 0 Å². The van der Waals surface area contributed by atoms with Crippen molar-refractivity contribution in [3.63, 3.8) is 0 Å². The summed E-state index contributed by atoms with van der Waals surface area (Å²) >= 11 is 0. The molecule has 0 aromatic rings. The van der Waals surface area contributed by atoms with Crippen LogP contribution in [0.5, 0.6) is 0 Å². The fraction of sp³-hybridized carbons (Fsp3) is 0.732. The van der Waals surface area contributed by atoms with Crippen LogP contribution in [-0.2, 0) is 14.3 Å². The molecule has 0 saturated carbocycles. The molecular formula is C71H123NO8. The van der Waals surface area contributed by atoms with Crippen LogP contribution in [0.4, 0.5) is 0 Å². The van der Waals surface area contributed by atoms with Crippen LogP contribution in [-0.4, -0.2) is 87.5 Å². The Kier molecular flexibility index (Phi) is 55.2. The molecule has 7 atom stereocenters. The van der Waals surface area contributed by atoms with E-state index in [1.165, 1.54) is 167 Å². The van der Waals surface area contributed by atoms with Crippen molar-refractivity contribution in [1.29, 1.82) is 0 Å². The average molecular weight is 1120 g/mol. The number of hydrogen-bond donors (Lipinski definition) is 6. The van der Waals surface area contributed by atoms with Crippen molar-refractivity contribution in [1.82, 2.24) is 5.32 Å². The number of hydrogen-bond acceptors (Lipinski definition) is 8. The lowest BCUT2D eigenvalue weighted by Gasteiger charge is -2.40. The van der Waals surface area contributed by atoms with E-state index in [4.69, 9.17) is 9.47 Å². The Labute approximate surface area is 491 Å². The molecule has 1 heterocycles. The van der Waals surface area contributed by atoms with Gasteiger partial charge in [0.1, 0.15) is 24.4 Å². The maximum absolute atomic E-state index is 13.1. The molecule has 9 nitrogen and oxygen atoms in total. The predicted octanol–water partition coefficient (Wildman–Crippen LogP) is 17.7. The Morgan fingerprint density at radius 1 is 0.438 bits per heavy atom. The van der Waals surface area contributed by atoms with Crippen LogP contribution in [0.15, 0.2) is 109 Å². The van der Waals surface area contributed by atoms with Crippen molar-refractivity contribution in [3.05, 3.63) is 109 Å². The van der Waals surface area contributed by atoms with Gasteiger partial charge in [-0.25, -0.2) is 0 Å². The van der Waals surface area contributed by atoms with E-state index in [2.05, 4.69) is 116 Å². The highest BCUT2D eigenvalue weighted by Gasteiger charge is 2.44. The molecule has 0 aliphatic carbocycles. The molecule has 1 fully saturated rings. The number of ether oxygens (including phenoxy) is 2. The summed E-state index contributed by atoms with van der Waals surface area (Å²) in [5.41, 5.74) is 0. The van der Waals surface area contributed by atoms with Crippen molar-refractivity contribution in [2.75, 3.05) is 13.2 Å². The zero-order chi connectivity index (χ0) is 57.9. The molecule has 6 N–H and O–H groups in total. The second-order valence-electron chi connectivity index (χ2n) is 22.5. The maximum Gasteiger partial charge on any atom is 0.220 e. The minimum absolute atomic E-state index is 0.178. The summed E-state index contributed by atoms with van der Waals surface area (Å²) in [5, 5.41) is 54.6. The number of amides is 1. The topological polar surface area (TPSA) is 149 Å². The highest BCUT2D eigenvalue weighted by molar-refractivity contribution is 5.76. The van der Waals surface area contributed by atoms with E-state index in [-0.39, 0.29) is 12.5 Å². The van der Waals surface area contributed by atoms with Gasteiger partial charge in [0.2, 0.25) is 5.91 Å². The van der Waals surface area contributed by atoms with E-state index >= 15 is 0 Å². The van der Waals surface area contributed by atoms with Crippen LogP contribution >= 0.6 is 0 Å². The third kappa shape index (κ3) is 47.4. The predicted molar refractivity (Wildman–Crippen MR) is 341 cm³/mol. The Morgan fingerprint density at radius 3 is 1.15 bits per heavy atom. The van der Waals surface area contributed by atoms with Crippen LogP contribution in [0, 0.1) is 0 Å². The Bertz CT molecular complexity index is 1630. The van der Waals surface area contributed by atoms with Crippen molar-refractivity contribution in [3.8, 4) is 0 Å². The van der Waals surface area contributed by atoms with Crippen molar-refractivity contribution in [2.24, 2.45) is 0 Å². The average Bonchev–Trinajstić information content (AvgIpc) is 3.46.